The van der Waals surface area contributed by atoms with Gasteiger partial charge in [-0.05, 0) is 55.8 Å². The van der Waals surface area contributed by atoms with Crippen LogP contribution in [0.15, 0.2) is 24.3 Å². The zero-order chi connectivity index (χ0) is 16.9. The zero-order valence-electron chi connectivity index (χ0n) is 14.6. The third-order valence-corrected chi connectivity index (χ3v) is 7.40. The molecule has 0 aromatic rings. The first-order valence-corrected chi connectivity index (χ1v) is 9.07. The minimum Gasteiger partial charge on any atom is -0.396 e. The second-order valence-electron chi connectivity index (χ2n) is 8.86. The molecule has 3 aliphatic carbocycles. The van der Waals surface area contributed by atoms with Crippen LogP contribution in [-0.4, -0.2) is 34.6 Å². The number of allylic oxidation sites excluding steroid dienone is 3. The number of aliphatic hydroxyl groups is 3. The van der Waals surface area contributed by atoms with Gasteiger partial charge in [0, 0.05) is 10.8 Å². The monoisotopic (exact) mass is 320 g/mol. The summed E-state index contributed by atoms with van der Waals surface area (Å²) in [6, 6.07) is 0. The third-order valence-electron chi connectivity index (χ3n) is 7.40. The molecular formula is C20H32O3. The molecule has 0 unspecified atom stereocenters. The van der Waals surface area contributed by atoms with E-state index in [1.165, 1.54) is 5.57 Å². The van der Waals surface area contributed by atoms with Crippen molar-refractivity contribution in [2.45, 2.75) is 58.5 Å². The van der Waals surface area contributed by atoms with E-state index in [0.717, 1.165) is 32.1 Å². The van der Waals surface area contributed by atoms with Crippen LogP contribution in [-0.2, 0) is 0 Å². The molecule has 3 nitrogen and oxygen atoms in total. The molecule has 0 aliphatic heterocycles. The van der Waals surface area contributed by atoms with Gasteiger partial charge in [-0.15, -0.1) is 6.58 Å². The minimum absolute atomic E-state index is 0.0308. The third kappa shape index (κ3) is 2.52. The molecule has 0 heterocycles. The van der Waals surface area contributed by atoms with Gasteiger partial charge in [0.2, 0.25) is 0 Å². The van der Waals surface area contributed by atoms with Crippen LogP contribution in [0.1, 0.15) is 52.4 Å². The molecule has 0 bridgehead atoms. The number of hydrogen-bond donors (Lipinski definition) is 3. The van der Waals surface area contributed by atoms with Crippen molar-refractivity contribution in [3.8, 4) is 0 Å². The van der Waals surface area contributed by atoms with Crippen molar-refractivity contribution >= 4 is 0 Å². The van der Waals surface area contributed by atoms with E-state index in [-0.39, 0.29) is 30.0 Å². The molecule has 0 amide bonds. The summed E-state index contributed by atoms with van der Waals surface area (Å²) >= 11 is 0. The summed E-state index contributed by atoms with van der Waals surface area (Å²) < 4.78 is 0. The number of hydrogen-bond acceptors (Lipinski definition) is 3. The first-order chi connectivity index (χ1) is 10.8. The maximum absolute atomic E-state index is 10.5. The summed E-state index contributed by atoms with van der Waals surface area (Å²) in [6.07, 6.45) is 9.61. The molecule has 2 fully saturated rings. The predicted molar refractivity (Wildman–Crippen MR) is 91.8 cm³/mol. The fourth-order valence-corrected chi connectivity index (χ4v) is 6.16. The molecule has 23 heavy (non-hydrogen) atoms. The van der Waals surface area contributed by atoms with Crippen molar-refractivity contribution in [1.82, 2.24) is 0 Å². The van der Waals surface area contributed by atoms with E-state index in [4.69, 9.17) is 0 Å². The van der Waals surface area contributed by atoms with Crippen molar-refractivity contribution < 1.29 is 15.3 Å². The normalized spacial score (nSPS) is 45.6. The molecule has 3 N–H and O–H groups in total. The molecule has 2 saturated carbocycles. The van der Waals surface area contributed by atoms with Crippen molar-refractivity contribution in [3.63, 3.8) is 0 Å². The minimum atomic E-state index is -0.531. The summed E-state index contributed by atoms with van der Waals surface area (Å²) in [4.78, 5) is 0. The average Bonchev–Trinajstić information content (AvgIpc) is 2.52. The highest BCUT2D eigenvalue weighted by Gasteiger charge is 2.59. The van der Waals surface area contributed by atoms with Crippen LogP contribution in [0, 0.1) is 28.1 Å². The van der Waals surface area contributed by atoms with Crippen LogP contribution in [0.25, 0.3) is 0 Å². The van der Waals surface area contributed by atoms with Crippen molar-refractivity contribution in [2.75, 3.05) is 13.2 Å². The van der Waals surface area contributed by atoms with E-state index < -0.39 is 11.5 Å². The zero-order valence-corrected chi connectivity index (χ0v) is 14.6. The molecular weight excluding hydrogens is 288 g/mol. The van der Waals surface area contributed by atoms with E-state index >= 15 is 0 Å². The van der Waals surface area contributed by atoms with Gasteiger partial charge in [0.1, 0.15) is 0 Å². The molecule has 0 saturated heterocycles. The van der Waals surface area contributed by atoms with Gasteiger partial charge in [0.05, 0.1) is 19.3 Å². The van der Waals surface area contributed by atoms with Crippen molar-refractivity contribution in [3.05, 3.63) is 24.3 Å². The largest absolute Gasteiger partial charge is 0.396 e. The first-order valence-electron chi connectivity index (χ1n) is 9.07. The van der Waals surface area contributed by atoms with Crippen molar-refractivity contribution in [2.24, 2.45) is 28.1 Å². The van der Waals surface area contributed by atoms with Crippen LogP contribution in [0.5, 0.6) is 0 Å². The first kappa shape index (κ1) is 17.2. The topological polar surface area (TPSA) is 60.7 Å². The average molecular weight is 320 g/mol. The molecule has 3 aliphatic rings. The van der Waals surface area contributed by atoms with Gasteiger partial charge < -0.3 is 15.3 Å². The van der Waals surface area contributed by atoms with Crippen LogP contribution in [0.3, 0.4) is 0 Å². The van der Waals surface area contributed by atoms with E-state index in [1.807, 2.05) is 0 Å². The maximum atomic E-state index is 10.5. The standard InChI is InChI=1S/C20H32O3/c1-4-18(2)8-7-16-14(9-18)5-6-17-19(16,3)10-15(23)11-20(17,12-21)13-22/h4,9,15-17,21-23H,1,5-8,10-13H2,2-3H3/t15-,16-,17-,18-,19+/m0/s1. The summed E-state index contributed by atoms with van der Waals surface area (Å²) in [5.41, 5.74) is 1.04. The van der Waals surface area contributed by atoms with Crippen molar-refractivity contribution in [1.29, 1.82) is 0 Å². The van der Waals surface area contributed by atoms with Gasteiger partial charge >= 0.3 is 0 Å². The summed E-state index contributed by atoms with van der Waals surface area (Å²) in [5, 5.41) is 30.6. The second-order valence-corrected chi connectivity index (χ2v) is 8.86. The van der Waals surface area contributed by atoms with Gasteiger partial charge in [-0.1, -0.05) is 31.6 Å². The van der Waals surface area contributed by atoms with Crippen LogP contribution < -0.4 is 0 Å². The Morgan fingerprint density at radius 2 is 1.91 bits per heavy atom. The smallest absolute Gasteiger partial charge is 0.0552 e. The maximum Gasteiger partial charge on any atom is 0.0552 e. The molecule has 0 aromatic carbocycles. The SMILES string of the molecule is C=C[C@]1(C)C=C2CC[C@@H]3C(CO)(CO)C[C@@H](O)C[C@]3(C)[C@H]2CC1. The molecule has 0 spiro atoms. The fraction of sp³-hybridized carbons (Fsp3) is 0.800. The Morgan fingerprint density at radius 1 is 1.22 bits per heavy atom. The second kappa shape index (κ2) is 5.72. The lowest BCUT2D eigenvalue weighted by Gasteiger charge is -2.61. The Labute approximate surface area is 140 Å². The quantitative estimate of drug-likeness (QED) is 0.700. The van der Waals surface area contributed by atoms with E-state index in [0.29, 0.717) is 12.3 Å². The van der Waals surface area contributed by atoms with Crippen LogP contribution in [0.4, 0.5) is 0 Å². The molecule has 0 radical (unpaired) electrons. The highest BCUT2D eigenvalue weighted by molar-refractivity contribution is 5.27. The summed E-state index contributed by atoms with van der Waals surface area (Å²) in [6.45, 7) is 8.48. The van der Waals surface area contributed by atoms with Gasteiger partial charge in [0.15, 0.2) is 0 Å². The summed E-state index contributed by atoms with van der Waals surface area (Å²) in [5.74, 6) is 0.741. The lowest BCUT2D eigenvalue weighted by molar-refractivity contribution is -0.156. The van der Waals surface area contributed by atoms with E-state index in [9.17, 15) is 15.3 Å². The van der Waals surface area contributed by atoms with Crippen LogP contribution >= 0.6 is 0 Å². The Hall–Kier alpha value is -0.640. The Bertz CT molecular complexity index is 507. The fourth-order valence-electron chi connectivity index (χ4n) is 6.16. The van der Waals surface area contributed by atoms with Gasteiger partial charge in [-0.25, -0.2) is 0 Å². The summed E-state index contributed by atoms with van der Waals surface area (Å²) in [7, 11) is 0. The molecule has 3 heteroatoms. The number of aliphatic hydroxyl groups excluding tert-OH is 3. The van der Waals surface area contributed by atoms with Gasteiger partial charge in [0.25, 0.3) is 0 Å². The number of fused-ring (bicyclic) bond motifs is 3. The highest BCUT2D eigenvalue weighted by atomic mass is 16.3. The molecule has 0 aromatic heterocycles. The molecule has 5 atom stereocenters. The van der Waals surface area contributed by atoms with E-state index in [1.54, 1.807) is 0 Å². The lowest BCUT2D eigenvalue weighted by atomic mass is 9.44. The highest BCUT2D eigenvalue weighted by Crippen LogP contribution is 2.63. The van der Waals surface area contributed by atoms with Gasteiger partial charge in [-0.3, -0.25) is 0 Å². The Kier molecular flexibility index (Phi) is 4.27. The predicted octanol–water partition coefficient (Wildman–Crippen LogP) is 3.06. The molecule has 130 valence electrons. The molecule has 3 rings (SSSR count). The van der Waals surface area contributed by atoms with Gasteiger partial charge in [-0.2, -0.15) is 0 Å². The van der Waals surface area contributed by atoms with E-state index in [2.05, 4.69) is 32.6 Å². The Balaban J connectivity index is 2.00. The number of rotatable bonds is 3. The lowest BCUT2D eigenvalue weighted by Crippen LogP contribution is -2.58. The van der Waals surface area contributed by atoms with Crippen LogP contribution in [0.2, 0.25) is 0 Å². The Morgan fingerprint density at radius 3 is 2.52 bits per heavy atom.